The highest BCUT2D eigenvalue weighted by molar-refractivity contribution is 6.32. The Balaban J connectivity index is 2.46. The van der Waals surface area contributed by atoms with Crippen molar-refractivity contribution in [1.82, 2.24) is 5.32 Å². The number of methoxy groups -OCH3 is 1. The average Bonchev–Trinajstić information content (AvgIpc) is 2.74. The summed E-state index contributed by atoms with van der Waals surface area (Å²) in [5.41, 5.74) is 2.54. The van der Waals surface area contributed by atoms with Crippen molar-refractivity contribution in [2.45, 2.75) is 19.3 Å². The summed E-state index contributed by atoms with van der Waals surface area (Å²) < 4.78 is 5.41. The van der Waals surface area contributed by atoms with Crippen molar-refractivity contribution >= 4 is 11.6 Å². The highest BCUT2D eigenvalue weighted by Crippen LogP contribution is 2.38. The van der Waals surface area contributed by atoms with Gasteiger partial charge < -0.3 is 10.1 Å². The molecular formula is C12H16ClNO. The van der Waals surface area contributed by atoms with Gasteiger partial charge in [0.2, 0.25) is 0 Å². The third kappa shape index (κ3) is 1.97. The van der Waals surface area contributed by atoms with E-state index < -0.39 is 0 Å². The molecule has 1 aromatic carbocycles. The molecule has 1 aliphatic heterocycles. The van der Waals surface area contributed by atoms with Gasteiger partial charge in [-0.2, -0.15) is 0 Å². The maximum Gasteiger partial charge on any atom is 0.141 e. The molecule has 1 heterocycles. The van der Waals surface area contributed by atoms with Gasteiger partial charge in [0.25, 0.3) is 0 Å². The summed E-state index contributed by atoms with van der Waals surface area (Å²) in [5.74, 6) is 1.39. The lowest BCUT2D eigenvalue weighted by Gasteiger charge is -2.17. The molecule has 15 heavy (non-hydrogen) atoms. The predicted molar refractivity (Wildman–Crippen MR) is 63.0 cm³/mol. The lowest BCUT2D eigenvalue weighted by molar-refractivity contribution is 0.406. The first-order valence-corrected chi connectivity index (χ1v) is 5.65. The molecule has 82 valence electrons. The van der Waals surface area contributed by atoms with Gasteiger partial charge in [-0.05, 0) is 31.5 Å². The van der Waals surface area contributed by atoms with Crippen molar-refractivity contribution in [3.63, 3.8) is 0 Å². The third-order valence-electron chi connectivity index (χ3n) is 3.04. The van der Waals surface area contributed by atoms with E-state index in [1.165, 1.54) is 11.1 Å². The molecule has 0 bridgehead atoms. The van der Waals surface area contributed by atoms with Crippen LogP contribution in [-0.4, -0.2) is 20.2 Å². The number of rotatable bonds is 2. The molecule has 2 nitrogen and oxygen atoms in total. The van der Waals surface area contributed by atoms with Gasteiger partial charge in [-0.15, -0.1) is 0 Å². The van der Waals surface area contributed by atoms with Gasteiger partial charge in [0, 0.05) is 18.0 Å². The molecule has 0 spiro atoms. The standard InChI is InChI=1S/C12H16ClNO/c1-8-3-4-10(13)12(15-2)11(8)9-5-6-14-7-9/h3-4,9,14H,5-7H2,1-2H3. The van der Waals surface area contributed by atoms with E-state index in [1.54, 1.807) is 7.11 Å². The summed E-state index contributed by atoms with van der Waals surface area (Å²) in [4.78, 5) is 0. The van der Waals surface area contributed by atoms with Crippen LogP contribution in [0.5, 0.6) is 5.75 Å². The Bertz CT molecular complexity index is 359. The molecule has 0 saturated carbocycles. The van der Waals surface area contributed by atoms with Crippen LogP contribution in [0.3, 0.4) is 0 Å². The number of benzene rings is 1. The van der Waals surface area contributed by atoms with Gasteiger partial charge in [0.1, 0.15) is 5.75 Å². The summed E-state index contributed by atoms with van der Waals surface area (Å²) in [6.45, 7) is 4.23. The largest absolute Gasteiger partial charge is 0.495 e. The molecule has 3 heteroatoms. The van der Waals surface area contributed by atoms with E-state index in [-0.39, 0.29) is 0 Å². The molecule has 1 aliphatic rings. The zero-order valence-electron chi connectivity index (χ0n) is 9.14. The molecule has 1 unspecified atom stereocenters. The summed E-state index contributed by atoms with van der Waals surface area (Å²) in [7, 11) is 1.69. The SMILES string of the molecule is COc1c(Cl)ccc(C)c1C1CCNC1. The van der Waals surface area contributed by atoms with Crippen LogP contribution < -0.4 is 10.1 Å². The van der Waals surface area contributed by atoms with Crippen molar-refractivity contribution in [2.24, 2.45) is 0 Å². The Labute approximate surface area is 95.6 Å². The molecule has 0 aliphatic carbocycles. The number of hydrogen-bond donors (Lipinski definition) is 1. The van der Waals surface area contributed by atoms with Crippen molar-refractivity contribution in [3.8, 4) is 5.75 Å². The quantitative estimate of drug-likeness (QED) is 0.836. The minimum atomic E-state index is 0.540. The number of hydrogen-bond acceptors (Lipinski definition) is 2. The lowest BCUT2D eigenvalue weighted by Crippen LogP contribution is -2.10. The molecule has 1 saturated heterocycles. The lowest BCUT2D eigenvalue weighted by atomic mass is 9.93. The topological polar surface area (TPSA) is 21.3 Å². The first-order valence-electron chi connectivity index (χ1n) is 5.27. The predicted octanol–water partition coefficient (Wildman–Crippen LogP) is 2.73. The Kier molecular flexibility index (Phi) is 3.17. The maximum absolute atomic E-state index is 6.13. The van der Waals surface area contributed by atoms with Crippen LogP contribution in [0, 0.1) is 6.92 Å². The van der Waals surface area contributed by atoms with Crippen molar-refractivity contribution in [2.75, 3.05) is 20.2 Å². The molecule has 1 atom stereocenters. The van der Waals surface area contributed by atoms with Gasteiger partial charge in [-0.1, -0.05) is 17.7 Å². The van der Waals surface area contributed by atoms with E-state index in [4.69, 9.17) is 16.3 Å². The van der Waals surface area contributed by atoms with Crippen molar-refractivity contribution in [1.29, 1.82) is 0 Å². The third-order valence-corrected chi connectivity index (χ3v) is 3.34. The molecule has 0 aromatic heterocycles. The summed E-state index contributed by atoms with van der Waals surface area (Å²) in [5, 5.41) is 4.08. The Morgan fingerprint density at radius 1 is 1.47 bits per heavy atom. The van der Waals surface area contributed by atoms with Gasteiger partial charge in [-0.3, -0.25) is 0 Å². The Morgan fingerprint density at radius 2 is 2.27 bits per heavy atom. The van der Waals surface area contributed by atoms with E-state index >= 15 is 0 Å². The van der Waals surface area contributed by atoms with E-state index in [0.717, 1.165) is 25.3 Å². The van der Waals surface area contributed by atoms with E-state index in [0.29, 0.717) is 10.9 Å². The van der Waals surface area contributed by atoms with Crippen LogP contribution in [0.15, 0.2) is 12.1 Å². The molecular weight excluding hydrogens is 210 g/mol. The molecule has 0 radical (unpaired) electrons. The number of ether oxygens (including phenoxy) is 1. The van der Waals surface area contributed by atoms with Crippen LogP contribution in [0.25, 0.3) is 0 Å². The van der Waals surface area contributed by atoms with E-state index in [1.807, 2.05) is 6.07 Å². The molecule has 1 aromatic rings. The molecule has 2 rings (SSSR count). The fourth-order valence-corrected chi connectivity index (χ4v) is 2.53. The zero-order valence-corrected chi connectivity index (χ0v) is 9.90. The molecule has 0 amide bonds. The Hall–Kier alpha value is -0.730. The second-order valence-electron chi connectivity index (χ2n) is 4.00. The van der Waals surface area contributed by atoms with Gasteiger partial charge in [0.05, 0.1) is 12.1 Å². The van der Waals surface area contributed by atoms with Crippen LogP contribution in [0.1, 0.15) is 23.5 Å². The number of halogens is 1. The zero-order chi connectivity index (χ0) is 10.8. The van der Waals surface area contributed by atoms with Gasteiger partial charge in [-0.25, -0.2) is 0 Å². The van der Waals surface area contributed by atoms with Crippen LogP contribution in [0.4, 0.5) is 0 Å². The van der Waals surface area contributed by atoms with E-state index in [2.05, 4.69) is 18.3 Å². The maximum atomic E-state index is 6.13. The van der Waals surface area contributed by atoms with Gasteiger partial charge in [0.15, 0.2) is 0 Å². The second kappa shape index (κ2) is 4.42. The minimum absolute atomic E-state index is 0.540. The Morgan fingerprint density at radius 3 is 2.87 bits per heavy atom. The second-order valence-corrected chi connectivity index (χ2v) is 4.41. The fraction of sp³-hybridized carbons (Fsp3) is 0.500. The van der Waals surface area contributed by atoms with Crippen LogP contribution >= 0.6 is 11.6 Å². The monoisotopic (exact) mass is 225 g/mol. The summed E-state index contributed by atoms with van der Waals surface area (Å²) >= 11 is 6.13. The summed E-state index contributed by atoms with van der Waals surface area (Å²) in [6.07, 6.45) is 1.16. The van der Waals surface area contributed by atoms with Crippen LogP contribution in [-0.2, 0) is 0 Å². The first kappa shape index (κ1) is 10.8. The normalized spacial score (nSPS) is 20.6. The average molecular weight is 226 g/mol. The minimum Gasteiger partial charge on any atom is -0.495 e. The smallest absolute Gasteiger partial charge is 0.141 e. The molecule has 1 N–H and O–H groups in total. The van der Waals surface area contributed by atoms with Crippen molar-refractivity contribution in [3.05, 3.63) is 28.3 Å². The fourth-order valence-electron chi connectivity index (χ4n) is 2.29. The number of nitrogens with one attached hydrogen (secondary N) is 1. The molecule has 1 fully saturated rings. The van der Waals surface area contributed by atoms with Gasteiger partial charge >= 0.3 is 0 Å². The highest BCUT2D eigenvalue weighted by Gasteiger charge is 2.23. The number of aryl methyl sites for hydroxylation is 1. The van der Waals surface area contributed by atoms with Crippen molar-refractivity contribution < 1.29 is 4.74 Å². The first-order chi connectivity index (χ1) is 7.24. The van der Waals surface area contributed by atoms with Crippen LogP contribution in [0.2, 0.25) is 5.02 Å². The van der Waals surface area contributed by atoms with E-state index in [9.17, 15) is 0 Å². The highest BCUT2D eigenvalue weighted by atomic mass is 35.5. The summed E-state index contributed by atoms with van der Waals surface area (Å²) in [6, 6.07) is 3.97.